The van der Waals surface area contributed by atoms with Crippen molar-refractivity contribution in [1.82, 2.24) is 4.31 Å². The number of sulfonamides is 1. The van der Waals surface area contributed by atoms with E-state index in [0.717, 1.165) is 13.1 Å². The predicted octanol–water partition coefficient (Wildman–Crippen LogP) is -0.348. The summed E-state index contributed by atoms with van der Waals surface area (Å²) in [6.07, 6.45) is 0. The van der Waals surface area contributed by atoms with E-state index in [9.17, 15) is 8.42 Å². The molecule has 52 valence electrons. The monoisotopic (exact) mass is 147 g/mol. The Kier molecular flexibility index (Phi) is 0.743. The molecule has 3 fully saturated rings. The Morgan fingerprint density at radius 3 is 2.11 bits per heavy atom. The minimum atomic E-state index is -2.78. The highest BCUT2D eigenvalue weighted by molar-refractivity contribution is 7.89. The second kappa shape index (κ2) is 1.18. The van der Waals surface area contributed by atoms with Crippen LogP contribution < -0.4 is 0 Å². The van der Waals surface area contributed by atoms with Gasteiger partial charge < -0.3 is 0 Å². The van der Waals surface area contributed by atoms with Crippen LogP contribution in [-0.4, -0.2) is 31.6 Å². The van der Waals surface area contributed by atoms with Crippen LogP contribution in [0, 0.1) is 5.41 Å². The normalized spacial score (nSPS) is 52.8. The molecule has 0 aromatic rings. The van der Waals surface area contributed by atoms with Crippen molar-refractivity contribution in [2.24, 2.45) is 5.41 Å². The van der Waals surface area contributed by atoms with Crippen LogP contribution in [-0.2, 0) is 10.0 Å². The van der Waals surface area contributed by atoms with Gasteiger partial charge in [0.25, 0.3) is 0 Å². The van der Waals surface area contributed by atoms with Gasteiger partial charge in [0.05, 0.1) is 5.75 Å². The average molecular weight is 147 g/mol. The molecule has 3 nitrogen and oxygen atoms in total. The van der Waals surface area contributed by atoms with Gasteiger partial charge in [-0.3, -0.25) is 0 Å². The third-order valence-electron chi connectivity index (χ3n) is 2.04. The smallest absolute Gasteiger partial charge is 0.212 e. The van der Waals surface area contributed by atoms with Crippen molar-refractivity contribution in [2.75, 3.05) is 18.8 Å². The average Bonchev–Trinajstić information content (AvgIpc) is 1.83. The number of nitrogens with zero attached hydrogens (tertiary/aromatic N) is 1. The van der Waals surface area contributed by atoms with Crippen LogP contribution >= 0.6 is 0 Å². The van der Waals surface area contributed by atoms with Gasteiger partial charge in [-0.1, -0.05) is 6.92 Å². The van der Waals surface area contributed by atoms with E-state index >= 15 is 0 Å². The van der Waals surface area contributed by atoms with Gasteiger partial charge in [-0.15, -0.1) is 0 Å². The molecule has 0 saturated carbocycles. The zero-order valence-corrected chi connectivity index (χ0v) is 6.11. The zero-order valence-electron chi connectivity index (χ0n) is 5.29. The summed E-state index contributed by atoms with van der Waals surface area (Å²) >= 11 is 0. The first-order chi connectivity index (χ1) is 4.02. The van der Waals surface area contributed by atoms with Gasteiger partial charge in [0.15, 0.2) is 0 Å². The van der Waals surface area contributed by atoms with Gasteiger partial charge >= 0.3 is 0 Å². The van der Waals surface area contributed by atoms with Crippen molar-refractivity contribution < 1.29 is 8.42 Å². The lowest BCUT2D eigenvalue weighted by atomic mass is 9.87. The number of rotatable bonds is 0. The van der Waals surface area contributed by atoms with Gasteiger partial charge in [0.1, 0.15) is 0 Å². The Labute approximate surface area is 54.7 Å². The molecular weight excluding hydrogens is 138 g/mol. The molecule has 0 amide bonds. The predicted molar refractivity (Wildman–Crippen MR) is 33.5 cm³/mol. The highest BCUT2D eigenvalue weighted by Crippen LogP contribution is 2.41. The Balaban J connectivity index is 2.44. The molecule has 3 aliphatic rings. The van der Waals surface area contributed by atoms with E-state index in [4.69, 9.17) is 0 Å². The Morgan fingerprint density at radius 1 is 1.44 bits per heavy atom. The minimum absolute atomic E-state index is 0.110. The molecule has 9 heavy (non-hydrogen) atoms. The van der Waals surface area contributed by atoms with Crippen LogP contribution in [0.5, 0.6) is 0 Å². The highest BCUT2D eigenvalue weighted by atomic mass is 32.2. The van der Waals surface area contributed by atoms with Crippen molar-refractivity contribution in [2.45, 2.75) is 6.92 Å². The molecule has 3 heterocycles. The van der Waals surface area contributed by atoms with Crippen molar-refractivity contribution in [3.8, 4) is 0 Å². The lowest BCUT2D eigenvalue weighted by molar-refractivity contribution is 0.156. The molecule has 0 N–H and O–H groups in total. The van der Waals surface area contributed by atoms with Gasteiger partial charge in [0.2, 0.25) is 10.0 Å². The third-order valence-corrected chi connectivity index (χ3v) is 4.15. The first kappa shape index (κ1) is 5.68. The summed E-state index contributed by atoms with van der Waals surface area (Å²) in [5.74, 6) is 0.375. The summed E-state index contributed by atoms with van der Waals surface area (Å²) in [7, 11) is -2.78. The maximum absolute atomic E-state index is 10.9. The summed E-state index contributed by atoms with van der Waals surface area (Å²) < 4.78 is 23.4. The summed E-state index contributed by atoms with van der Waals surface area (Å²) in [5, 5.41) is 0. The molecule has 2 bridgehead atoms. The fourth-order valence-electron chi connectivity index (χ4n) is 1.62. The maximum Gasteiger partial charge on any atom is 0.214 e. The van der Waals surface area contributed by atoms with Crippen LogP contribution in [0.1, 0.15) is 6.92 Å². The van der Waals surface area contributed by atoms with E-state index in [-0.39, 0.29) is 5.41 Å². The van der Waals surface area contributed by atoms with Crippen molar-refractivity contribution in [3.05, 3.63) is 0 Å². The van der Waals surface area contributed by atoms with E-state index in [1.165, 1.54) is 0 Å². The SMILES string of the molecule is CC12CN(C1)S(=O)(=O)C2. The molecule has 0 unspecified atom stereocenters. The molecule has 0 aromatic carbocycles. The number of fused-ring (bicyclic) bond motifs is 1. The van der Waals surface area contributed by atoms with E-state index in [1.54, 1.807) is 4.31 Å². The quantitative estimate of drug-likeness (QED) is 0.469. The lowest BCUT2D eigenvalue weighted by Gasteiger charge is -2.33. The molecule has 3 rings (SSSR count). The summed E-state index contributed by atoms with van der Waals surface area (Å²) in [6, 6.07) is 0. The summed E-state index contributed by atoms with van der Waals surface area (Å²) in [4.78, 5) is 0. The van der Waals surface area contributed by atoms with Crippen LogP contribution in [0.25, 0.3) is 0 Å². The third kappa shape index (κ3) is 0.576. The van der Waals surface area contributed by atoms with Crippen LogP contribution in [0.4, 0.5) is 0 Å². The first-order valence-corrected chi connectivity index (χ1v) is 4.61. The van der Waals surface area contributed by atoms with Crippen LogP contribution in [0.2, 0.25) is 0 Å². The molecule has 0 atom stereocenters. The molecule has 3 aliphatic heterocycles. The van der Waals surface area contributed by atoms with Crippen molar-refractivity contribution in [3.63, 3.8) is 0 Å². The van der Waals surface area contributed by atoms with Gasteiger partial charge in [-0.2, -0.15) is 0 Å². The van der Waals surface area contributed by atoms with Crippen LogP contribution in [0.15, 0.2) is 0 Å². The fraction of sp³-hybridized carbons (Fsp3) is 1.00. The van der Waals surface area contributed by atoms with E-state index in [2.05, 4.69) is 0 Å². The molecule has 0 radical (unpaired) electrons. The number of hydrogen-bond acceptors (Lipinski definition) is 2. The summed E-state index contributed by atoms with van der Waals surface area (Å²) in [6.45, 7) is 3.54. The molecule has 0 spiro atoms. The van der Waals surface area contributed by atoms with Gasteiger partial charge in [-0.25, -0.2) is 12.7 Å². The molecule has 0 aliphatic carbocycles. The van der Waals surface area contributed by atoms with Crippen molar-refractivity contribution in [1.29, 1.82) is 0 Å². The standard InChI is InChI=1S/C5H9NO2S/c1-5-2-6(3-5)9(7,8)4-5/h2-4H2,1H3. The summed E-state index contributed by atoms with van der Waals surface area (Å²) in [5.41, 5.74) is 0.110. The van der Waals surface area contributed by atoms with E-state index in [0.29, 0.717) is 5.75 Å². The second-order valence-electron chi connectivity index (χ2n) is 3.33. The topological polar surface area (TPSA) is 37.4 Å². The molecule has 4 heteroatoms. The van der Waals surface area contributed by atoms with Crippen LogP contribution in [0.3, 0.4) is 0 Å². The second-order valence-corrected chi connectivity index (χ2v) is 5.30. The fourth-order valence-corrected chi connectivity index (χ4v) is 3.89. The molecule has 0 aromatic heterocycles. The Bertz CT molecular complexity index is 238. The zero-order chi connectivity index (χ0) is 6.70. The maximum atomic E-state index is 10.9. The number of hydrogen-bond donors (Lipinski definition) is 0. The molecule has 3 saturated heterocycles. The Morgan fingerprint density at radius 2 is 2.00 bits per heavy atom. The van der Waals surface area contributed by atoms with Crippen molar-refractivity contribution >= 4 is 10.0 Å². The van der Waals surface area contributed by atoms with Gasteiger partial charge in [-0.05, 0) is 0 Å². The lowest BCUT2D eigenvalue weighted by Crippen LogP contribution is -2.45. The van der Waals surface area contributed by atoms with E-state index in [1.807, 2.05) is 6.92 Å². The van der Waals surface area contributed by atoms with E-state index < -0.39 is 10.0 Å². The molecular formula is C5H9NO2S. The minimum Gasteiger partial charge on any atom is -0.212 e. The largest absolute Gasteiger partial charge is 0.214 e. The Hall–Kier alpha value is -0.0900. The highest BCUT2D eigenvalue weighted by Gasteiger charge is 2.55. The first-order valence-electron chi connectivity index (χ1n) is 3.00. The van der Waals surface area contributed by atoms with Gasteiger partial charge in [0, 0.05) is 18.5 Å².